The summed E-state index contributed by atoms with van der Waals surface area (Å²) in [6, 6.07) is 5.46. The molecule has 5 rings (SSSR count). The highest BCUT2D eigenvalue weighted by molar-refractivity contribution is 6.33. The summed E-state index contributed by atoms with van der Waals surface area (Å²) in [5.74, 6) is -2.59. The van der Waals surface area contributed by atoms with Gasteiger partial charge in [-0.2, -0.15) is 13.2 Å². The van der Waals surface area contributed by atoms with Crippen LogP contribution in [0.25, 0.3) is 5.69 Å². The molecule has 2 amide bonds. The second-order valence-corrected chi connectivity index (χ2v) is 11.3. The minimum Gasteiger partial charge on any atom is -0.379 e. The monoisotopic (exact) mass is 650 g/mol. The summed E-state index contributed by atoms with van der Waals surface area (Å²) in [6.45, 7) is 8.73. The van der Waals surface area contributed by atoms with Crippen LogP contribution in [0.1, 0.15) is 40.0 Å². The van der Waals surface area contributed by atoms with Crippen LogP contribution >= 0.6 is 11.6 Å². The zero-order valence-electron chi connectivity index (χ0n) is 24.8. The Labute approximate surface area is 262 Å². The van der Waals surface area contributed by atoms with E-state index in [2.05, 4.69) is 52.5 Å². The molecule has 4 heterocycles. The number of morpholine rings is 1. The van der Waals surface area contributed by atoms with E-state index in [-0.39, 0.29) is 23.2 Å². The van der Waals surface area contributed by atoms with Gasteiger partial charge in [-0.15, -0.1) is 5.10 Å². The van der Waals surface area contributed by atoms with E-state index >= 15 is 0 Å². The number of carbonyl (C=O) groups excluding carboxylic acids is 2. The van der Waals surface area contributed by atoms with E-state index in [4.69, 9.17) is 16.3 Å². The topological polar surface area (TPSA) is 134 Å². The Morgan fingerprint density at radius 2 is 1.91 bits per heavy atom. The third-order valence-electron chi connectivity index (χ3n) is 7.80. The maximum absolute atomic E-state index is 13.2. The average Bonchev–Trinajstić information content (AvgIpc) is 3.51. The second-order valence-electron chi connectivity index (χ2n) is 10.9. The number of nitrogens with zero attached hydrogens (tertiary/aromatic N) is 8. The number of benzene rings is 1. The Morgan fingerprint density at radius 3 is 2.62 bits per heavy atom. The molecule has 3 aromatic rings. The first-order valence-electron chi connectivity index (χ1n) is 14.5. The molecule has 1 aromatic carbocycles. The van der Waals surface area contributed by atoms with Crippen molar-refractivity contribution in [3.8, 4) is 5.69 Å². The molecule has 1 atom stereocenters. The lowest BCUT2D eigenvalue weighted by Gasteiger charge is -2.39. The minimum atomic E-state index is -4.81. The molecule has 0 spiro atoms. The summed E-state index contributed by atoms with van der Waals surface area (Å²) in [5, 5.41) is 13.1. The van der Waals surface area contributed by atoms with E-state index in [1.165, 1.54) is 10.9 Å². The van der Waals surface area contributed by atoms with Crippen LogP contribution in [0.4, 0.5) is 24.5 Å². The number of nitrogens with one attached hydrogen (secondary N) is 2. The quantitative estimate of drug-likeness (QED) is 0.263. The molecule has 2 aromatic heterocycles. The van der Waals surface area contributed by atoms with Crippen molar-refractivity contribution in [1.29, 1.82) is 0 Å². The van der Waals surface area contributed by atoms with Crippen molar-refractivity contribution in [1.82, 2.24) is 40.1 Å². The van der Waals surface area contributed by atoms with E-state index < -0.39 is 23.1 Å². The van der Waals surface area contributed by atoms with Crippen molar-refractivity contribution >= 4 is 34.8 Å². The molecule has 2 fully saturated rings. The predicted molar refractivity (Wildman–Crippen MR) is 160 cm³/mol. The SMILES string of the molecule is C[C@H]1CN(c2ccc(-n3cc(C(=O)NCCCN4CCOCC4)nn3)cc2NC(=O)c2cnc(C(F)(F)F)nc2Cl)CCN1C. The van der Waals surface area contributed by atoms with Gasteiger partial charge in [-0.05, 0) is 45.1 Å². The first-order valence-corrected chi connectivity index (χ1v) is 14.9. The molecule has 2 N–H and O–H groups in total. The van der Waals surface area contributed by atoms with Crippen LogP contribution in [0.2, 0.25) is 5.15 Å². The van der Waals surface area contributed by atoms with Gasteiger partial charge in [-0.1, -0.05) is 16.8 Å². The van der Waals surface area contributed by atoms with Crippen LogP contribution in [0.5, 0.6) is 0 Å². The zero-order valence-corrected chi connectivity index (χ0v) is 25.6. The van der Waals surface area contributed by atoms with Gasteiger partial charge in [-0.3, -0.25) is 14.5 Å². The highest BCUT2D eigenvalue weighted by atomic mass is 35.5. The van der Waals surface area contributed by atoms with Gasteiger partial charge in [0.05, 0.1) is 42.0 Å². The Balaban J connectivity index is 1.33. The maximum atomic E-state index is 13.2. The number of likely N-dealkylation sites (N-methyl/N-ethyl adjacent to an activating group) is 1. The standard InChI is InChI=1S/C28H34ClF3N10O3/c1-18-16-41(9-8-39(18)2)23-5-4-19(14-21(23)35-25(43)20-15-34-27(28(30,31)32)36-24(20)29)42-17-22(37-38-42)26(44)33-6-3-7-40-10-12-45-13-11-40/h4-5,14-15,17-18H,3,6-13,16H2,1-2H3,(H,33,44)(H,35,43)/t18-/m0/s1. The predicted octanol–water partition coefficient (Wildman–Crippen LogP) is 2.57. The van der Waals surface area contributed by atoms with E-state index in [0.29, 0.717) is 49.9 Å². The van der Waals surface area contributed by atoms with Crippen LogP contribution in [0.15, 0.2) is 30.6 Å². The van der Waals surface area contributed by atoms with Crippen molar-refractivity contribution in [3.05, 3.63) is 52.8 Å². The Hall–Kier alpha value is -3.86. The Kier molecular flexibility index (Phi) is 10.2. The van der Waals surface area contributed by atoms with Crippen molar-refractivity contribution in [2.75, 3.05) is 76.3 Å². The van der Waals surface area contributed by atoms with Crippen LogP contribution in [0.3, 0.4) is 0 Å². The van der Waals surface area contributed by atoms with Gasteiger partial charge >= 0.3 is 6.18 Å². The van der Waals surface area contributed by atoms with E-state index in [1.54, 1.807) is 18.2 Å². The smallest absolute Gasteiger partial charge is 0.379 e. The molecular weight excluding hydrogens is 617 g/mol. The van der Waals surface area contributed by atoms with Crippen LogP contribution in [0, 0.1) is 0 Å². The first-order chi connectivity index (χ1) is 21.5. The number of halogens is 4. The fourth-order valence-electron chi connectivity index (χ4n) is 5.06. The number of hydrogen-bond donors (Lipinski definition) is 2. The molecule has 2 aliphatic rings. The number of carbonyl (C=O) groups is 2. The molecule has 0 aliphatic carbocycles. The summed E-state index contributed by atoms with van der Waals surface area (Å²) in [6.07, 6.45) is -1.80. The fourth-order valence-corrected chi connectivity index (χ4v) is 5.28. The number of rotatable bonds is 9. The Bertz CT molecular complexity index is 1520. The number of hydrogen-bond acceptors (Lipinski definition) is 10. The lowest BCUT2D eigenvalue weighted by molar-refractivity contribution is -0.145. The lowest BCUT2D eigenvalue weighted by Crippen LogP contribution is -2.50. The summed E-state index contributed by atoms with van der Waals surface area (Å²) in [7, 11) is 2.03. The molecule has 17 heteroatoms. The minimum absolute atomic E-state index is 0.123. The van der Waals surface area contributed by atoms with Gasteiger partial charge in [0.2, 0.25) is 5.82 Å². The van der Waals surface area contributed by atoms with E-state index in [0.717, 1.165) is 38.8 Å². The zero-order chi connectivity index (χ0) is 32.1. The van der Waals surface area contributed by atoms with E-state index in [9.17, 15) is 22.8 Å². The van der Waals surface area contributed by atoms with Crippen molar-refractivity contribution in [2.24, 2.45) is 0 Å². The summed E-state index contributed by atoms with van der Waals surface area (Å²) in [5.41, 5.74) is 1.34. The number of piperazine rings is 1. The van der Waals surface area contributed by atoms with Gasteiger partial charge in [0.15, 0.2) is 5.69 Å². The largest absolute Gasteiger partial charge is 0.451 e. The average molecular weight is 651 g/mol. The molecule has 242 valence electrons. The molecule has 0 radical (unpaired) electrons. The molecule has 2 aliphatic heterocycles. The van der Waals surface area contributed by atoms with Gasteiger partial charge < -0.3 is 25.2 Å². The highest BCUT2D eigenvalue weighted by Crippen LogP contribution is 2.32. The number of amides is 2. The van der Waals surface area contributed by atoms with Gasteiger partial charge in [0, 0.05) is 51.5 Å². The number of aromatic nitrogens is 5. The number of alkyl halides is 3. The molecular formula is C28H34ClF3N10O3. The van der Waals surface area contributed by atoms with Gasteiger partial charge in [0.25, 0.3) is 11.8 Å². The van der Waals surface area contributed by atoms with Crippen molar-refractivity contribution in [3.63, 3.8) is 0 Å². The second kappa shape index (κ2) is 14.1. The van der Waals surface area contributed by atoms with Crippen LogP contribution in [-0.4, -0.2) is 119 Å². The van der Waals surface area contributed by atoms with E-state index in [1.807, 2.05) is 7.05 Å². The third kappa shape index (κ3) is 8.06. The highest BCUT2D eigenvalue weighted by Gasteiger charge is 2.35. The van der Waals surface area contributed by atoms with Crippen molar-refractivity contribution < 1.29 is 27.5 Å². The third-order valence-corrected chi connectivity index (χ3v) is 8.09. The summed E-state index contributed by atoms with van der Waals surface area (Å²) in [4.78, 5) is 39.1. The maximum Gasteiger partial charge on any atom is 0.451 e. The molecule has 0 unspecified atom stereocenters. The van der Waals surface area contributed by atoms with Crippen LogP contribution in [-0.2, 0) is 10.9 Å². The van der Waals surface area contributed by atoms with Gasteiger partial charge in [-0.25, -0.2) is 14.6 Å². The summed E-state index contributed by atoms with van der Waals surface area (Å²) >= 11 is 5.97. The van der Waals surface area contributed by atoms with Crippen LogP contribution < -0.4 is 15.5 Å². The molecule has 0 bridgehead atoms. The molecule has 45 heavy (non-hydrogen) atoms. The molecule has 13 nitrogen and oxygen atoms in total. The lowest BCUT2D eigenvalue weighted by atomic mass is 10.1. The fraction of sp³-hybridized carbons (Fsp3) is 0.500. The molecule has 2 saturated heterocycles. The summed E-state index contributed by atoms with van der Waals surface area (Å²) < 4.78 is 45.9. The Morgan fingerprint density at radius 1 is 1.13 bits per heavy atom. The first kappa shape index (κ1) is 32.5. The normalized spacial score (nSPS) is 18.2. The van der Waals surface area contributed by atoms with Crippen molar-refractivity contribution in [2.45, 2.75) is 25.6 Å². The molecule has 0 saturated carbocycles. The van der Waals surface area contributed by atoms with Gasteiger partial charge in [0.1, 0.15) is 5.15 Å². The number of anilines is 2. The number of ether oxygens (including phenoxy) is 1.